The molecule has 0 spiro atoms. The largest absolute Gasteiger partial charge is 0.356 e. The first kappa shape index (κ1) is 21.8. The van der Waals surface area contributed by atoms with Gasteiger partial charge in [0.15, 0.2) is 0 Å². The van der Waals surface area contributed by atoms with Gasteiger partial charge >= 0.3 is 0 Å². The van der Waals surface area contributed by atoms with Crippen LogP contribution in [0, 0.1) is 5.82 Å². The van der Waals surface area contributed by atoms with Gasteiger partial charge in [-0.15, -0.1) is 0 Å². The number of fused-ring (bicyclic) bond motifs is 1. The Morgan fingerprint density at radius 3 is 1.58 bits per heavy atom. The summed E-state index contributed by atoms with van der Waals surface area (Å²) in [5.74, 6) is -0.228. The van der Waals surface area contributed by atoms with Gasteiger partial charge in [0, 0.05) is 11.4 Å². The summed E-state index contributed by atoms with van der Waals surface area (Å²) < 4.78 is 14.0. The van der Waals surface area contributed by atoms with Crippen LogP contribution in [0.25, 0.3) is 44.2 Å². The van der Waals surface area contributed by atoms with Crippen LogP contribution in [0.3, 0.4) is 0 Å². The minimum absolute atomic E-state index is 0.228. The number of anilines is 2. The molecule has 1 N–H and O–H groups in total. The molecule has 0 aromatic heterocycles. The van der Waals surface area contributed by atoms with Crippen LogP contribution in [0.1, 0.15) is 0 Å². The molecular formula is C34H24FN. The molecule has 0 saturated heterocycles. The molecule has 6 aromatic carbocycles. The Morgan fingerprint density at radius 1 is 0.417 bits per heavy atom. The van der Waals surface area contributed by atoms with Gasteiger partial charge in [-0.05, 0) is 80.6 Å². The van der Waals surface area contributed by atoms with Crippen LogP contribution in [0.4, 0.5) is 15.8 Å². The molecule has 0 aliphatic carbocycles. The molecule has 6 aromatic rings. The number of hydrogen-bond acceptors (Lipinski definition) is 1. The molecule has 0 bridgehead atoms. The Bertz CT molecular complexity index is 1630. The highest BCUT2D eigenvalue weighted by Gasteiger charge is 2.11. The molecule has 1 nitrogen and oxygen atoms in total. The third-order valence-corrected chi connectivity index (χ3v) is 6.52. The van der Waals surface area contributed by atoms with Crippen molar-refractivity contribution in [3.8, 4) is 33.4 Å². The molecule has 2 heteroatoms. The quantitative estimate of drug-likeness (QED) is 0.267. The first-order chi connectivity index (χ1) is 17.7. The van der Waals surface area contributed by atoms with Gasteiger partial charge in [-0.2, -0.15) is 0 Å². The van der Waals surface area contributed by atoms with Gasteiger partial charge in [-0.25, -0.2) is 4.39 Å². The minimum Gasteiger partial charge on any atom is -0.356 e. The zero-order chi connectivity index (χ0) is 24.3. The van der Waals surface area contributed by atoms with Crippen molar-refractivity contribution in [2.24, 2.45) is 0 Å². The highest BCUT2D eigenvalue weighted by atomic mass is 19.1. The Hall–Kier alpha value is -4.69. The number of hydrogen-bond donors (Lipinski definition) is 1. The lowest BCUT2D eigenvalue weighted by Crippen LogP contribution is -1.91. The number of rotatable bonds is 5. The van der Waals surface area contributed by atoms with Crippen LogP contribution < -0.4 is 5.32 Å². The predicted octanol–water partition coefficient (Wildman–Crippen LogP) is 9.72. The lowest BCUT2D eigenvalue weighted by atomic mass is 9.91. The summed E-state index contributed by atoms with van der Waals surface area (Å²) in [6.45, 7) is 0. The molecule has 0 saturated carbocycles. The van der Waals surface area contributed by atoms with Crippen LogP contribution in [-0.4, -0.2) is 0 Å². The zero-order valence-corrected chi connectivity index (χ0v) is 19.7. The summed E-state index contributed by atoms with van der Waals surface area (Å²) >= 11 is 0. The highest BCUT2D eigenvalue weighted by molar-refractivity contribution is 6.06. The molecule has 0 aliphatic rings. The fourth-order valence-corrected chi connectivity index (χ4v) is 4.75. The Kier molecular flexibility index (Phi) is 5.77. The maximum absolute atomic E-state index is 14.0. The third kappa shape index (κ3) is 4.37. The lowest BCUT2D eigenvalue weighted by molar-refractivity contribution is 0.628. The zero-order valence-electron chi connectivity index (χ0n) is 19.7. The van der Waals surface area contributed by atoms with Gasteiger partial charge in [0.2, 0.25) is 0 Å². The summed E-state index contributed by atoms with van der Waals surface area (Å²) in [4.78, 5) is 0. The SMILES string of the molecule is Fc1cccc(-c2cccc3cccc(-c4ccc(Nc5ccc(-c6ccccc6)cc5)cc4)c23)c1. The summed E-state index contributed by atoms with van der Waals surface area (Å²) in [6.07, 6.45) is 0. The van der Waals surface area contributed by atoms with Crippen molar-refractivity contribution in [2.75, 3.05) is 5.32 Å². The summed E-state index contributed by atoms with van der Waals surface area (Å²) in [5, 5.41) is 5.76. The summed E-state index contributed by atoms with van der Waals surface area (Å²) in [5.41, 5.74) is 8.63. The van der Waals surface area contributed by atoms with E-state index >= 15 is 0 Å². The van der Waals surface area contributed by atoms with E-state index in [1.54, 1.807) is 12.1 Å². The average Bonchev–Trinajstić information content (AvgIpc) is 2.94. The van der Waals surface area contributed by atoms with E-state index in [0.29, 0.717) is 0 Å². The van der Waals surface area contributed by atoms with E-state index in [-0.39, 0.29) is 5.82 Å². The fraction of sp³-hybridized carbons (Fsp3) is 0. The van der Waals surface area contributed by atoms with E-state index in [4.69, 9.17) is 0 Å². The molecule has 172 valence electrons. The molecular weight excluding hydrogens is 441 g/mol. The smallest absolute Gasteiger partial charge is 0.123 e. The topological polar surface area (TPSA) is 12.0 Å². The van der Waals surface area contributed by atoms with E-state index in [1.165, 1.54) is 17.2 Å². The monoisotopic (exact) mass is 465 g/mol. The molecule has 0 radical (unpaired) electrons. The second-order valence-electron chi connectivity index (χ2n) is 8.87. The van der Waals surface area contributed by atoms with Gasteiger partial charge in [-0.3, -0.25) is 0 Å². The van der Waals surface area contributed by atoms with Gasteiger partial charge in [0.25, 0.3) is 0 Å². The van der Waals surface area contributed by atoms with Crippen molar-refractivity contribution >= 4 is 22.1 Å². The lowest BCUT2D eigenvalue weighted by Gasteiger charge is -2.14. The maximum Gasteiger partial charge on any atom is 0.123 e. The second kappa shape index (κ2) is 9.52. The van der Waals surface area contributed by atoms with Gasteiger partial charge in [0.1, 0.15) is 5.82 Å². The first-order valence-corrected chi connectivity index (χ1v) is 12.1. The standard InChI is InChI=1S/C34H24FN/c35-29-12-4-11-28(23-29)33-14-6-10-27-9-5-13-32(34(27)33)26-17-21-31(22-18-26)36-30-19-15-25(16-20-30)24-7-2-1-3-8-24/h1-23,36H. The van der Waals surface area contributed by atoms with Crippen molar-refractivity contribution in [1.82, 2.24) is 0 Å². The van der Waals surface area contributed by atoms with Crippen molar-refractivity contribution in [3.05, 3.63) is 145 Å². The van der Waals surface area contributed by atoms with Crippen LogP contribution in [0.5, 0.6) is 0 Å². The van der Waals surface area contributed by atoms with Crippen molar-refractivity contribution in [1.29, 1.82) is 0 Å². The van der Waals surface area contributed by atoms with Gasteiger partial charge in [0.05, 0.1) is 0 Å². The van der Waals surface area contributed by atoms with Crippen LogP contribution in [0.2, 0.25) is 0 Å². The van der Waals surface area contributed by atoms with Gasteiger partial charge < -0.3 is 5.32 Å². The molecule has 0 atom stereocenters. The average molecular weight is 466 g/mol. The highest BCUT2D eigenvalue weighted by Crippen LogP contribution is 2.37. The van der Waals surface area contributed by atoms with E-state index in [0.717, 1.165) is 44.4 Å². The number of halogens is 1. The van der Waals surface area contributed by atoms with Crippen molar-refractivity contribution in [3.63, 3.8) is 0 Å². The molecule has 0 fully saturated rings. The summed E-state index contributed by atoms with van der Waals surface area (Å²) in [6, 6.07) is 46.7. The van der Waals surface area contributed by atoms with E-state index in [9.17, 15) is 4.39 Å². The molecule has 0 heterocycles. The van der Waals surface area contributed by atoms with Crippen LogP contribution in [-0.2, 0) is 0 Å². The Balaban J connectivity index is 1.31. The summed E-state index contributed by atoms with van der Waals surface area (Å²) in [7, 11) is 0. The molecule has 0 unspecified atom stereocenters. The normalized spacial score (nSPS) is 10.9. The number of benzene rings is 6. The van der Waals surface area contributed by atoms with Crippen LogP contribution >= 0.6 is 0 Å². The van der Waals surface area contributed by atoms with Crippen LogP contribution in [0.15, 0.2) is 140 Å². The van der Waals surface area contributed by atoms with E-state index < -0.39 is 0 Å². The van der Waals surface area contributed by atoms with E-state index in [1.807, 2.05) is 18.2 Å². The first-order valence-electron chi connectivity index (χ1n) is 12.1. The Labute approximate surface area is 210 Å². The van der Waals surface area contributed by atoms with Crippen molar-refractivity contribution in [2.45, 2.75) is 0 Å². The number of nitrogens with one attached hydrogen (secondary N) is 1. The van der Waals surface area contributed by atoms with Gasteiger partial charge in [-0.1, -0.05) is 103 Å². The Morgan fingerprint density at radius 2 is 0.944 bits per heavy atom. The molecule has 36 heavy (non-hydrogen) atoms. The van der Waals surface area contributed by atoms with Crippen molar-refractivity contribution < 1.29 is 4.39 Å². The minimum atomic E-state index is -0.228. The van der Waals surface area contributed by atoms with E-state index in [2.05, 4.69) is 108 Å². The molecule has 0 aliphatic heterocycles. The fourth-order valence-electron chi connectivity index (χ4n) is 4.75. The second-order valence-corrected chi connectivity index (χ2v) is 8.87. The maximum atomic E-state index is 14.0. The predicted molar refractivity (Wildman–Crippen MR) is 150 cm³/mol. The third-order valence-electron chi connectivity index (χ3n) is 6.52. The molecule has 6 rings (SSSR count). The molecule has 0 amide bonds.